The van der Waals surface area contributed by atoms with Crippen molar-refractivity contribution in [3.05, 3.63) is 54.1 Å². The lowest BCUT2D eigenvalue weighted by molar-refractivity contribution is 0.340. The van der Waals surface area contributed by atoms with Crippen molar-refractivity contribution in [3.8, 4) is 27.7 Å². The van der Waals surface area contributed by atoms with E-state index in [1.54, 1.807) is 4.52 Å². The molecule has 0 atom stereocenters. The molecule has 2 aromatic heterocycles. The zero-order chi connectivity index (χ0) is 16.5. The second-order valence-corrected chi connectivity index (χ2v) is 6.40. The molecule has 0 aliphatic carbocycles. The second kappa shape index (κ2) is 6.05. The summed E-state index contributed by atoms with van der Waals surface area (Å²) >= 11 is 1.54. The normalized spacial score (nSPS) is 11.1. The minimum atomic E-state index is 0.653. The molecule has 0 spiro atoms. The van der Waals surface area contributed by atoms with Crippen molar-refractivity contribution in [1.82, 2.24) is 19.8 Å². The fourth-order valence-electron chi connectivity index (χ4n) is 2.48. The van der Waals surface area contributed by atoms with Gasteiger partial charge in [-0.3, -0.25) is 0 Å². The summed E-state index contributed by atoms with van der Waals surface area (Å²) in [6.45, 7) is 4.70. The Balaban J connectivity index is 1.73. The summed E-state index contributed by atoms with van der Waals surface area (Å²) in [6, 6.07) is 16.2. The predicted molar refractivity (Wildman–Crippen MR) is 95.4 cm³/mol. The molecule has 0 saturated heterocycles. The van der Waals surface area contributed by atoms with Crippen molar-refractivity contribution in [1.29, 1.82) is 0 Å². The van der Waals surface area contributed by atoms with Crippen LogP contribution in [0.15, 0.2) is 48.5 Å². The molecular formula is C18H16N4OS. The number of fused-ring (bicyclic) bond motifs is 1. The van der Waals surface area contributed by atoms with Gasteiger partial charge in [0.15, 0.2) is 5.82 Å². The molecule has 0 radical (unpaired) electrons. The SMILES string of the molecule is CCOc1ccc(-c2nnc3sc(-c4ccc(C)cc4)nn23)cc1. The zero-order valence-electron chi connectivity index (χ0n) is 13.4. The molecule has 5 nitrogen and oxygen atoms in total. The highest BCUT2D eigenvalue weighted by atomic mass is 32.1. The highest BCUT2D eigenvalue weighted by Gasteiger charge is 2.14. The summed E-state index contributed by atoms with van der Waals surface area (Å²) in [7, 11) is 0. The van der Waals surface area contributed by atoms with Crippen LogP contribution in [0.3, 0.4) is 0 Å². The van der Waals surface area contributed by atoms with Crippen LogP contribution in [0.4, 0.5) is 0 Å². The van der Waals surface area contributed by atoms with Crippen molar-refractivity contribution in [2.45, 2.75) is 13.8 Å². The van der Waals surface area contributed by atoms with Crippen molar-refractivity contribution in [2.75, 3.05) is 6.61 Å². The molecule has 0 bridgehead atoms. The van der Waals surface area contributed by atoms with Gasteiger partial charge in [-0.15, -0.1) is 10.2 Å². The Labute approximate surface area is 143 Å². The minimum Gasteiger partial charge on any atom is -0.494 e. The Morgan fingerprint density at radius 1 is 0.958 bits per heavy atom. The number of rotatable bonds is 4. The van der Waals surface area contributed by atoms with Gasteiger partial charge in [0.1, 0.15) is 10.8 Å². The van der Waals surface area contributed by atoms with Gasteiger partial charge in [0.2, 0.25) is 4.96 Å². The number of aromatic nitrogens is 4. The monoisotopic (exact) mass is 336 g/mol. The lowest BCUT2D eigenvalue weighted by Gasteiger charge is -2.03. The van der Waals surface area contributed by atoms with Gasteiger partial charge in [-0.1, -0.05) is 41.2 Å². The lowest BCUT2D eigenvalue weighted by Crippen LogP contribution is -1.93. The van der Waals surface area contributed by atoms with Crippen molar-refractivity contribution in [3.63, 3.8) is 0 Å². The first kappa shape index (κ1) is 14.8. The van der Waals surface area contributed by atoms with Gasteiger partial charge < -0.3 is 4.74 Å². The van der Waals surface area contributed by atoms with Gasteiger partial charge in [-0.05, 0) is 38.1 Å². The molecule has 120 valence electrons. The van der Waals surface area contributed by atoms with Crippen molar-refractivity contribution >= 4 is 16.3 Å². The van der Waals surface area contributed by atoms with E-state index in [-0.39, 0.29) is 0 Å². The van der Waals surface area contributed by atoms with Gasteiger partial charge >= 0.3 is 0 Å². The molecule has 2 heterocycles. The van der Waals surface area contributed by atoms with Crippen LogP contribution in [0.5, 0.6) is 5.75 Å². The lowest BCUT2D eigenvalue weighted by atomic mass is 10.2. The first-order valence-electron chi connectivity index (χ1n) is 7.77. The predicted octanol–water partition coefficient (Wildman–Crippen LogP) is 4.23. The van der Waals surface area contributed by atoms with Gasteiger partial charge in [-0.2, -0.15) is 9.61 Å². The minimum absolute atomic E-state index is 0.653. The smallest absolute Gasteiger partial charge is 0.235 e. The highest BCUT2D eigenvalue weighted by molar-refractivity contribution is 7.19. The van der Waals surface area contributed by atoms with Crippen molar-refractivity contribution < 1.29 is 4.74 Å². The Bertz CT molecular complexity index is 971. The molecule has 24 heavy (non-hydrogen) atoms. The largest absolute Gasteiger partial charge is 0.494 e. The molecule has 0 saturated carbocycles. The van der Waals surface area contributed by atoms with Gasteiger partial charge in [0, 0.05) is 11.1 Å². The zero-order valence-corrected chi connectivity index (χ0v) is 14.2. The van der Waals surface area contributed by atoms with E-state index >= 15 is 0 Å². The molecule has 4 aromatic rings. The average molecular weight is 336 g/mol. The van der Waals surface area contributed by atoms with Crippen LogP contribution >= 0.6 is 11.3 Å². The van der Waals surface area contributed by atoms with Crippen LogP contribution in [0.25, 0.3) is 26.9 Å². The van der Waals surface area contributed by atoms with Gasteiger partial charge in [-0.25, -0.2) is 0 Å². The second-order valence-electron chi connectivity index (χ2n) is 5.45. The van der Waals surface area contributed by atoms with E-state index in [0.29, 0.717) is 6.61 Å². The Hall–Kier alpha value is -2.73. The number of benzene rings is 2. The van der Waals surface area contributed by atoms with Crippen LogP contribution < -0.4 is 4.74 Å². The quantitative estimate of drug-likeness (QED) is 0.560. The number of hydrogen-bond acceptors (Lipinski definition) is 5. The van der Waals surface area contributed by atoms with Gasteiger partial charge in [0.25, 0.3) is 0 Å². The van der Waals surface area contributed by atoms with E-state index in [0.717, 1.165) is 32.7 Å². The molecule has 0 fully saturated rings. The highest BCUT2D eigenvalue weighted by Crippen LogP contribution is 2.28. The third-order valence-electron chi connectivity index (χ3n) is 3.71. The van der Waals surface area contributed by atoms with E-state index in [9.17, 15) is 0 Å². The summed E-state index contributed by atoms with van der Waals surface area (Å²) in [6.07, 6.45) is 0. The molecule has 6 heteroatoms. The van der Waals surface area contributed by atoms with Gasteiger partial charge in [0.05, 0.1) is 6.61 Å². The Morgan fingerprint density at radius 3 is 2.38 bits per heavy atom. The fourth-order valence-corrected chi connectivity index (χ4v) is 3.32. The van der Waals surface area contributed by atoms with E-state index in [4.69, 9.17) is 4.74 Å². The maximum atomic E-state index is 5.48. The van der Waals surface area contributed by atoms with Crippen LogP contribution in [-0.2, 0) is 0 Å². The first-order chi connectivity index (χ1) is 11.7. The molecule has 0 N–H and O–H groups in total. The van der Waals surface area contributed by atoms with E-state index in [2.05, 4.69) is 46.5 Å². The number of ether oxygens (including phenoxy) is 1. The fraction of sp³-hybridized carbons (Fsp3) is 0.167. The average Bonchev–Trinajstić information content (AvgIpc) is 3.17. The summed E-state index contributed by atoms with van der Waals surface area (Å²) < 4.78 is 7.28. The van der Waals surface area contributed by atoms with Crippen molar-refractivity contribution in [2.24, 2.45) is 0 Å². The molecule has 0 amide bonds. The van der Waals surface area contributed by atoms with E-state index < -0.39 is 0 Å². The number of hydrogen-bond donors (Lipinski definition) is 0. The third kappa shape index (κ3) is 2.65. The number of nitrogens with zero attached hydrogens (tertiary/aromatic N) is 4. The molecule has 2 aromatic carbocycles. The Morgan fingerprint density at radius 2 is 1.67 bits per heavy atom. The summed E-state index contributed by atoms with van der Waals surface area (Å²) in [5.74, 6) is 1.59. The first-order valence-corrected chi connectivity index (χ1v) is 8.59. The van der Waals surface area contributed by atoms with Crippen LogP contribution in [0, 0.1) is 6.92 Å². The molecule has 0 unspecified atom stereocenters. The summed E-state index contributed by atoms with van der Waals surface area (Å²) in [5, 5.41) is 14.1. The number of aryl methyl sites for hydroxylation is 1. The van der Waals surface area contributed by atoms with Crippen LogP contribution in [-0.4, -0.2) is 26.4 Å². The standard InChI is InChI=1S/C18H16N4OS/c1-3-23-15-10-8-13(9-11-15)16-19-20-18-22(16)21-17(24-18)14-6-4-12(2)5-7-14/h4-11H,3H2,1-2H3. The Kier molecular flexibility index (Phi) is 3.74. The molecule has 0 aliphatic heterocycles. The molecular weight excluding hydrogens is 320 g/mol. The maximum absolute atomic E-state index is 5.48. The maximum Gasteiger partial charge on any atom is 0.235 e. The third-order valence-corrected chi connectivity index (χ3v) is 4.66. The van der Waals surface area contributed by atoms with Crippen LogP contribution in [0.2, 0.25) is 0 Å². The molecule has 4 rings (SSSR count). The van der Waals surface area contributed by atoms with E-state index in [1.165, 1.54) is 16.9 Å². The van der Waals surface area contributed by atoms with E-state index in [1.807, 2.05) is 31.2 Å². The summed E-state index contributed by atoms with van der Waals surface area (Å²) in [4.78, 5) is 0.787. The summed E-state index contributed by atoms with van der Waals surface area (Å²) in [5.41, 5.74) is 3.29. The van der Waals surface area contributed by atoms with Crippen LogP contribution in [0.1, 0.15) is 12.5 Å². The molecule has 0 aliphatic rings. The topological polar surface area (TPSA) is 52.3 Å².